The Bertz CT molecular complexity index is 866. The number of aromatic nitrogens is 1. The van der Waals surface area contributed by atoms with Crippen molar-refractivity contribution < 1.29 is 28.2 Å². The van der Waals surface area contributed by atoms with Crippen LogP contribution in [0.15, 0.2) is 36.5 Å². The molecular formula is C22H29F2N3O4. The number of benzene rings is 1. The molecule has 3 unspecified atom stereocenters. The molecule has 2 N–H and O–H groups in total. The summed E-state index contributed by atoms with van der Waals surface area (Å²) in [5.74, 6) is -2.02. The predicted molar refractivity (Wildman–Crippen MR) is 113 cm³/mol. The van der Waals surface area contributed by atoms with Crippen LogP contribution in [0, 0.1) is 11.6 Å². The van der Waals surface area contributed by atoms with Gasteiger partial charge in [-0.3, -0.25) is 14.7 Å². The SMILES string of the molecule is CC1CCC(C(=O)Nc2ccnc(C(CO)N(C)C)c2)O1.COc1cccc(F)c1F. The smallest absolute Gasteiger partial charge is 0.253 e. The van der Waals surface area contributed by atoms with E-state index in [9.17, 15) is 18.7 Å². The van der Waals surface area contributed by atoms with Crippen molar-refractivity contribution in [3.05, 3.63) is 53.9 Å². The second-order valence-electron chi connectivity index (χ2n) is 7.39. The first kappa shape index (κ1) is 24.6. The molecule has 1 saturated heterocycles. The Balaban J connectivity index is 0.000000285. The average molecular weight is 437 g/mol. The lowest BCUT2D eigenvalue weighted by atomic mass is 10.1. The standard InChI is InChI=1S/C15H23N3O3.C7H6F2O/c1-10-4-5-14(21-10)15(20)17-11-6-7-16-12(8-11)13(9-19)18(2)3;1-10-6-4-2-3-5(8)7(6)9/h6-8,10,13-14,19H,4-5,9H2,1-3H3,(H,16,17,20);2-4H,1H3. The third kappa shape index (κ3) is 6.95. The highest BCUT2D eigenvalue weighted by molar-refractivity contribution is 5.94. The normalized spacial score (nSPS) is 18.8. The molecule has 3 rings (SSSR count). The molecule has 0 radical (unpaired) electrons. The summed E-state index contributed by atoms with van der Waals surface area (Å²) in [6.07, 6.45) is 3.06. The molecule has 3 atom stereocenters. The molecule has 0 spiro atoms. The number of anilines is 1. The van der Waals surface area contributed by atoms with Crippen LogP contribution < -0.4 is 10.1 Å². The minimum Gasteiger partial charge on any atom is -0.494 e. The fourth-order valence-electron chi connectivity index (χ4n) is 3.09. The second-order valence-corrected chi connectivity index (χ2v) is 7.39. The van der Waals surface area contributed by atoms with Gasteiger partial charge in [0.15, 0.2) is 11.6 Å². The van der Waals surface area contributed by atoms with Crippen LogP contribution in [0.3, 0.4) is 0 Å². The number of pyridine rings is 1. The molecule has 1 aromatic carbocycles. The van der Waals surface area contributed by atoms with Gasteiger partial charge in [-0.05, 0) is 58.1 Å². The molecule has 0 aliphatic carbocycles. The topological polar surface area (TPSA) is 83.9 Å². The molecule has 7 nitrogen and oxygen atoms in total. The predicted octanol–water partition coefficient (Wildman–Crippen LogP) is 3.16. The summed E-state index contributed by atoms with van der Waals surface area (Å²) < 4.78 is 34.9. The number of carbonyl (C=O) groups is 1. The Morgan fingerprint density at radius 2 is 2.10 bits per heavy atom. The Kier molecular flexibility index (Phi) is 9.29. The molecule has 1 aliphatic rings. The first-order chi connectivity index (χ1) is 14.8. The third-order valence-electron chi connectivity index (χ3n) is 4.85. The van der Waals surface area contributed by atoms with E-state index >= 15 is 0 Å². The average Bonchev–Trinajstić information content (AvgIpc) is 3.18. The number of likely N-dealkylation sites (N-methyl/N-ethyl adjacent to an activating group) is 1. The summed E-state index contributed by atoms with van der Waals surface area (Å²) in [6.45, 7) is 1.95. The van der Waals surface area contributed by atoms with Crippen LogP contribution in [0.4, 0.5) is 14.5 Å². The van der Waals surface area contributed by atoms with Gasteiger partial charge in [0.2, 0.25) is 5.82 Å². The number of rotatable bonds is 6. The quantitative estimate of drug-likeness (QED) is 0.722. The maximum atomic E-state index is 12.5. The molecular weight excluding hydrogens is 408 g/mol. The summed E-state index contributed by atoms with van der Waals surface area (Å²) in [4.78, 5) is 18.3. The summed E-state index contributed by atoms with van der Waals surface area (Å²) in [7, 11) is 5.04. The van der Waals surface area contributed by atoms with E-state index in [-0.39, 0.29) is 36.5 Å². The van der Waals surface area contributed by atoms with E-state index < -0.39 is 11.6 Å². The van der Waals surface area contributed by atoms with Gasteiger partial charge in [0.05, 0.1) is 31.6 Å². The fourth-order valence-corrected chi connectivity index (χ4v) is 3.09. The second kappa shape index (κ2) is 11.7. The van der Waals surface area contributed by atoms with Gasteiger partial charge in [0, 0.05) is 11.9 Å². The number of hydrogen-bond donors (Lipinski definition) is 2. The van der Waals surface area contributed by atoms with Crippen LogP contribution in [-0.4, -0.2) is 60.9 Å². The van der Waals surface area contributed by atoms with Crippen LogP contribution in [0.1, 0.15) is 31.5 Å². The molecule has 170 valence electrons. The van der Waals surface area contributed by atoms with Crippen molar-refractivity contribution >= 4 is 11.6 Å². The minimum absolute atomic E-state index is 0.0271. The lowest BCUT2D eigenvalue weighted by molar-refractivity contribution is -0.126. The number of nitrogens with zero attached hydrogens (tertiary/aromatic N) is 2. The monoisotopic (exact) mass is 437 g/mol. The molecule has 2 heterocycles. The van der Waals surface area contributed by atoms with Gasteiger partial charge in [0.1, 0.15) is 6.10 Å². The highest BCUT2D eigenvalue weighted by Gasteiger charge is 2.28. The van der Waals surface area contributed by atoms with E-state index in [2.05, 4.69) is 15.0 Å². The Morgan fingerprint density at radius 3 is 2.65 bits per heavy atom. The van der Waals surface area contributed by atoms with E-state index in [0.717, 1.165) is 24.6 Å². The van der Waals surface area contributed by atoms with Gasteiger partial charge in [-0.1, -0.05) is 6.07 Å². The van der Waals surface area contributed by atoms with Gasteiger partial charge in [-0.25, -0.2) is 4.39 Å². The number of hydrogen-bond acceptors (Lipinski definition) is 6. The van der Waals surface area contributed by atoms with E-state index in [0.29, 0.717) is 5.69 Å². The number of halogens is 2. The number of aliphatic hydroxyl groups excluding tert-OH is 1. The van der Waals surface area contributed by atoms with E-state index in [4.69, 9.17) is 4.74 Å². The fraction of sp³-hybridized carbons (Fsp3) is 0.455. The Hall–Kier alpha value is -2.62. The van der Waals surface area contributed by atoms with Gasteiger partial charge in [0.25, 0.3) is 5.91 Å². The van der Waals surface area contributed by atoms with Crippen molar-refractivity contribution in [2.75, 3.05) is 33.1 Å². The summed E-state index contributed by atoms with van der Waals surface area (Å²) >= 11 is 0. The zero-order valence-electron chi connectivity index (χ0n) is 18.1. The minimum atomic E-state index is -0.940. The van der Waals surface area contributed by atoms with E-state index in [1.165, 1.54) is 19.2 Å². The van der Waals surface area contributed by atoms with Gasteiger partial charge in [-0.15, -0.1) is 0 Å². The van der Waals surface area contributed by atoms with Crippen molar-refractivity contribution in [1.29, 1.82) is 0 Å². The zero-order valence-corrected chi connectivity index (χ0v) is 18.1. The first-order valence-corrected chi connectivity index (χ1v) is 9.94. The van der Waals surface area contributed by atoms with Gasteiger partial charge in [-0.2, -0.15) is 4.39 Å². The number of carbonyl (C=O) groups excluding carboxylic acids is 1. The Labute approximate surface area is 181 Å². The summed E-state index contributed by atoms with van der Waals surface area (Å²) in [5, 5.41) is 12.3. The van der Waals surface area contributed by atoms with Crippen molar-refractivity contribution in [2.45, 2.75) is 38.0 Å². The van der Waals surface area contributed by atoms with E-state index in [1.807, 2.05) is 25.9 Å². The first-order valence-electron chi connectivity index (χ1n) is 9.94. The molecule has 0 saturated carbocycles. The largest absolute Gasteiger partial charge is 0.494 e. The Morgan fingerprint density at radius 1 is 1.35 bits per heavy atom. The van der Waals surface area contributed by atoms with Crippen molar-refractivity contribution in [1.82, 2.24) is 9.88 Å². The summed E-state index contributed by atoms with van der Waals surface area (Å²) in [6, 6.07) is 7.12. The van der Waals surface area contributed by atoms with Crippen molar-refractivity contribution in [2.24, 2.45) is 0 Å². The van der Waals surface area contributed by atoms with Crippen molar-refractivity contribution in [3.8, 4) is 5.75 Å². The van der Waals surface area contributed by atoms with Crippen LogP contribution in [0.2, 0.25) is 0 Å². The third-order valence-corrected chi connectivity index (χ3v) is 4.85. The maximum Gasteiger partial charge on any atom is 0.253 e. The molecule has 2 aromatic rings. The molecule has 0 bridgehead atoms. The number of nitrogens with one attached hydrogen (secondary N) is 1. The highest BCUT2D eigenvalue weighted by atomic mass is 19.2. The molecule has 1 fully saturated rings. The molecule has 1 aromatic heterocycles. The molecule has 31 heavy (non-hydrogen) atoms. The molecule has 1 amide bonds. The zero-order chi connectivity index (χ0) is 23.0. The highest BCUT2D eigenvalue weighted by Crippen LogP contribution is 2.22. The lowest BCUT2D eigenvalue weighted by Gasteiger charge is -2.22. The van der Waals surface area contributed by atoms with Gasteiger partial charge >= 0.3 is 0 Å². The van der Waals surface area contributed by atoms with Crippen LogP contribution in [0.25, 0.3) is 0 Å². The van der Waals surface area contributed by atoms with E-state index in [1.54, 1.807) is 18.3 Å². The number of ether oxygens (including phenoxy) is 2. The molecule has 9 heteroatoms. The van der Waals surface area contributed by atoms with Crippen molar-refractivity contribution in [3.63, 3.8) is 0 Å². The van der Waals surface area contributed by atoms with Crippen LogP contribution in [-0.2, 0) is 9.53 Å². The lowest BCUT2D eigenvalue weighted by Crippen LogP contribution is -2.28. The van der Waals surface area contributed by atoms with Crippen LogP contribution in [0.5, 0.6) is 5.75 Å². The van der Waals surface area contributed by atoms with Crippen LogP contribution >= 0.6 is 0 Å². The molecule has 1 aliphatic heterocycles. The van der Waals surface area contributed by atoms with Gasteiger partial charge < -0.3 is 19.9 Å². The maximum absolute atomic E-state index is 12.5. The number of aliphatic hydroxyl groups is 1. The number of methoxy groups -OCH3 is 1. The number of amides is 1. The summed E-state index contributed by atoms with van der Waals surface area (Å²) in [5.41, 5.74) is 1.40.